The van der Waals surface area contributed by atoms with Gasteiger partial charge in [0.15, 0.2) is 0 Å². The Morgan fingerprint density at radius 2 is 1.82 bits per heavy atom. The van der Waals surface area contributed by atoms with Crippen molar-refractivity contribution in [2.45, 2.75) is 24.9 Å². The average molecular weight is 498 g/mol. The minimum Gasteiger partial charge on any atom is -0.394 e. The van der Waals surface area contributed by atoms with E-state index in [9.17, 15) is 26.7 Å². The molecule has 1 aliphatic rings. The molecule has 11 heteroatoms. The Labute approximate surface area is 195 Å². The molecule has 7 nitrogen and oxygen atoms in total. The molecule has 1 aromatic heterocycles. The Bertz CT molecular complexity index is 1270. The molecule has 0 aliphatic heterocycles. The third kappa shape index (κ3) is 4.98. The second-order valence-corrected chi connectivity index (χ2v) is 10.6. The van der Waals surface area contributed by atoms with Gasteiger partial charge in [0.2, 0.25) is 0 Å². The van der Waals surface area contributed by atoms with E-state index in [4.69, 9.17) is 5.11 Å². The zero-order valence-corrected chi connectivity index (χ0v) is 19.2. The van der Waals surface area contributed by atoms with E-state index in [1.165, 1.54) is 25.2 Å². The molecule has 4 rings (SSSR count). The fourth-order valence-electron chi connectivity index (χ4n) is 4.43. The SMILES string of the molecule is CN(C[C@@H](O)CO)S(=O)(=O)NCC1CC(c2c(-c3ccc(F)cc3)[nH]c3c(F)cc(F)cc23)C1. The third-order valence-electron chi connectivity index (χ3n) is 6.28. The largest absolute Gasteiger partial charge is 0.394 e. The molecule has 0 spiro atoms. The molecule has 34 heavy (non-hydrogen) atoms. The highest BCUT2D eigenvalue weighted by Crippen LogP contribution is 2.48. The lowest BCUT2D eigenvalue weighted by molar-refractivity contribution is 0.0823. The van der Waals surface area contributed by atoms with Crippen LogP contribution in [0.15, 0.2) is 36.4 Å². The van der Waals surface area contributed by atoms with Gasteiger partial charge in [0.1, 0.15) is 17.5 Å². The minimum absolute atomic E-state index is 0.000337. The number of nitrogens with one attached hydrogen (secondary N) is 2. The van der Waals surface area contributed by atoms with Crippen molar-refractivity contribution in [1.82, 2.24) is 14.0 Å². The Morgan fingerprint density at radius 3 is 2.47 bits per heavy atom. The Hall–Kier alpha value is -2.44. The summed E-state index contributed by atoms with van der Waals surface area (Å²) in [5, 5.41) is 18.8. The van der Waals surface area contributed by atoms with E-state index in [1.807, 2.05) is 0 Å². The predicted molar refractivity (Wildman–Crippen MR) is 122 cm³/mol. The molecule has 0 unspecified atom stereocenters. The number of likely N-dealkylation sites (N-methyl/N-ethyl adjacent to an activating group) is 1. The zero-order valence-electron chi connectivity index (χ0n) is 18.4. The molecule has 0 amide bonds. The molecule has 0 radical (unpaired) electrons. The number of rotatable bonds is 9. The van der Waals surface area contributed by atoms with E-state index in [-0.39, 0.29) is 30.4 Å². The van der Waals surface area contributed by atoms with Crippen LogP contribution in [0.25, 0.3) is 22.2 Å². The number of benzene rings is 2. The van der Waals surface area contributed by atoms with Gasteiger partial charge in [-0.25, -0.2) is 17.9 Å². The van der Waals surface area contributed by atoms with Gasteiger partial charge in [-0.05, 0) is 66.1 Å². The lowest BCUT2D eigenvalue weighted by Crippen LogP contribution is -2.45. The van der Waals surface area contributed by atoms with Crippen LogP contribution in [0, 0.1) is 23.4 Å². The Kier molecular flexibility index (Phi) is 7.02. The first-order chi connectivity index (χ1) is 16.1. The second-order valence-electron chi connectivity index (χ2n) is 8.74. The van der Waals surface area contributed by atoms with Crippen molar-refractivity contribution in [2.24, 2.45) is 5.92 Å². The van der Waals surface area contributed by atoms with Gasteiger partial charge in [-0.15, -0.1) is 0 Å². The van der Waals surface area contributed by atoms with Crippen LogP contribution in [-0.4, -0.2) is 60.8 Å². The number of halogens is 3. The molecule has 0 bridgehead atoms. The van der Waals surface area contributed by atoms with Gasteiger partial charge in [0.25, 0.3) is 10.2 Å². The zero-order chi connectivity index (χ0) is 24.6. The van der Waals surface area contributed by atoms with Crippen LogP contribution in [0.3, 0.4) is 0 Å². The van der Waals surface area contributed by atoms with E-state index in [0.29, 0.717) is 29.5 Å². The van der Waals surface area contributed by atoms with Gasteiger partial charge >= 0.3 is 0 Å². The first kappa shape index (κ1) is 24.7. The second kappa shape index (κ2) is 9.67. The van der Waals surface area contributed by atoms with Crippen molar-refractivity contribution in [3.8, 4) is 11.3 Å². The maximum absolute atomic E-state index is 14.5. The number of hydrogen-bond donors (Lipinski definition) is 4. The van der Waals surface area contributed by atoms with Crippen molar-refractivity contribution >= 4 is 21.1 Å². The summed E-state index contributed by atoms with van der Waals surface area (Å²) >= 11 is 0. The summed E-state index contributed by atoms with van der Waals surface area (Å²) in [7, 11) is -2.54. The van der Waals surface area contributed by atoms with Crippen molar-refractivity contribution < 1.29 is 31.8 Å². The molecular formula is C23H26F3N3O4S. The summed E-state index contributed by atoms with van der Waals surface area (Å²) in [5.41, 5.74) is 2.12. The topological polar surface area (TPSA) is 106 Å². The molecule has 3 aromatic rings. The van der Waals surface area contributed by atoms with E-state index in [2.05, 4.69) is 9.71 Å². The molecule has 4 N–H and O–H groups in total. The first-order valence-corrected chi connectivity index (χ1v) is 12.3. The molecule has 2 aromatic carbocycles. The van der Waals surface area contributed by atoms with Gasteiger partial charge in [0, 0.05) is 31.6 Å². The van der Waals surface area contributed by atoms with Crippen molar-refractivity contribution in [3.05, 3.63) is 59.4 Å². The molecule has 1 fully saturated rings. The monoisotopic (exact) mass is 497 g/mol. The molecule has 1 saturated carbocycles. The third-order valence-corrected chi connectivity index (χ3v) is 7.79. The maximum atomic E-state index is 14.5. The van der Waals surface area contributed by atoms with E-state index in [0.717, 1.165) is 15.9 Å². The Morgan fingerprint density at radius 1 is 1.15 bits per heavy atom. The summed E-state index contributed by atoms with van der Waals surface area (Å²) in [5.74, 6) is -1.90. The van der Waals surface area contributed by atoms with E-state index >= 15 is 0 Å². The summed E-state index contributed by atoms with van der Waals surface area (Å²) < 4.78 is 70.1. The highest BCUT2D eigenvalue weighted by atomic mass is 32.2. The molecular weight excluding hydrogens is 471 g/mol. The van der Waals surface area contributed by atoms with Gasteiger partial charge < -0.3 is 15.2 Å². The summed E-state index contributed by atoms with van der Waals surface area (Å²) in [6.45, 7) is -0.631. The van der Waals surface area contributed by atoms with Crippen LogP contribution >= 0.6 is 0 Å². The fourth-order valence-corrected chi connectivity index (χ4v) is 5.47. The maximum Gasteiger partial charge on any atom is 0.279 e. The van der Waals surface area contributed by atoms with Crippen LogP contribution < -0.4 is 4.72 Å². The first-order valence-electron chi connectivity index (χ1n) is 10.9. The van der Waals surface area contributed by atoms with E-state index in [1.54, 1.807) is 12.1 Å². The normalized spacial score (nSPS) is 19.5. The molecule has 1 aliphatic carbocycles. The van der Waals surface area contributed by atoms with Crippen molar-refractivity contribution in [1.29, 1.82) is 0 Å². The van der Waals surface area contributed by atoms with Gasteiger partial charge in [0.05, 0.1) is 23.9 Å². The highest BCUT2D eigenvalue weighted by molar-refractivity contribution is 7.87. The number of aliphatic hydroxyl groups is 2. The number of nitrogens with zero attached hydrogens (tertiary/aromatic N) is 1. The van der Waals surface area contributed by atoms with Crippen LogP contribution in [0.5, 0.6) is 0 Å². The number of aliphatic hydroxyl groups excluding tert-OH is 2. The summed E-state index contributed by atoms with van der Waals surface area (Å²) in [4.78, 5) is 3.03. The minimum atomic E-state index is -3.84. The van der Waals surface area contributed by atoms with Crippen LogP contribution in [-0.2, 0) is 10.2 Å². The number of hydrogen-bond acceptors (Lipinski definition) is 4. The quantitative estimate of drug-likeness (QED) is 0.365. The summed E-state index contributed by atoms with van der Waals surface area (Å²) in [6, 6.07) is 7.81. The molecule has 0 saturated heterocycles. The summed E-state index contributed by atoms with van der Waals surface area (Å²) in [6.07, 6.45) is -0.00236. The van der Waals surface area contributed by atoms with Crippen LogP contribution in [0.4, 0.5) is 13.2 Å². The molecule has 1 atom stereocenters. The highest BCUT2D eigenvalue weighted by Gasteiger charge is 2.35. The van der Waals surface area contributed by atoms with Crippen LogP contribution in [0.2, 0.25) is 0 Å². The molecule has 184 valence electrons. The van der Waals surface area contributed by atoms with Crippen LogP contribution in [0.1, 0.15) is 24.3 Å². The average Bonchev–Trinajstić information content (AvgIpc) is 3.12. The predicted octanol–water partition coefficient (Wildman–Crippen LogP) is 2.87. The van der Waals surface area contributed by atoms with Gasteiger partial charge in [-0.2, -0.15) is 12.7 Å². The van der Waals surface area contributed by atoms with Gasteiger partial charge in [-0.3, -0.25) is 0 Å². The lowest BCUT2D eigenvalue weighted by Gasteiger charge is -2.36. The fraction of sp³-hybridized carbons (Fsp3) is 0.391. The smallest absolute Gasteiger partial charge is 0.279 e. The number of aromatic amines is 1. The lowest BCUT2D eigenvalue weighted by atomic mass is 9.70. The molecule has 1 heterocycles. The van der Waals surface area contributed by atoms with Crippen molar-refractivity contribution in [2.75, 3.05) is 26.7 Å². The standard InChI is InChI=1S/C23H26F3N3O4S/c1-29(11-18(31)12-30)34(32,33)27-10-13-6-15(7-13)21-19-8-17(25)9-20(26)23(19)28-22(21)14-2-4-16(24)5-3-14/h2-5,8-9,13,15,18,27-28,30-31H,6-7,10-12H2,1H3/t13?,15?,18-/m1/s1. The number of aromatic nitrogens is 1. The van der Waals surface area contributed by atoms with Crippen molar-refractivity contribution in [3.63, 3.8) is 0 Å². The number of H-pyrrole nitrogens is 1. The number of fused-ring (bicyclic) bond motifs is 1. The van der Waals surface area contributed by atoms with E-state index < -0.39 is 40.4 Å². The Balaban J connectivity index is 1.53. The van der Waals surface area contributed by atoms with Gasteiger partial charge in [-0.1, -0.05) is 0 Å².